The van der Waals surface area contributed by atoms with E-state index in [1.54, 1.807) is 0 Å². The lowest BCUT2D eigenvalue weighted by atomic mass is 10.4. The number of aliphatic hydroxyl groups excluding tert-OH is 1. The first-order valence-electron chi connectivity index (χ1n) is 2.46. The first-order valence-corrected chi connectivity index (χ1v) is 2.46. The first kappa shape index (κ1) is 8.26. The molecule has 0 bridgehead atoms. The van der Waals surface area contributed by atoms with Crippen LogP contribution in [-0.2, 0) is 14.3 Å². The van der Waals surface area contributed by atoms with Crippen LogP contribution in [0.1, 0.15) is 0 Å². The van der Waals surface area contributed by atoms with Gasteiger partial charge in [0.2, 0.25) is 0 Å². The average Bonchev–Trinajstić information content (AvgIpc) is 1.91. The standard InChI is InChI=1S/C5H8O4/c6-1-2-9-5(3-7)4-8/h1,3,5,8H,2,4H2. The predicted octanol–water partition coefficient (Wildman–Crippen LogP) is -1.24. The second-order valence-electron chi connectivity index (χ2n) is 1.36. The van der Waals surface area contributed by atoms with Crippen LogP contribution in [0.5, 0.6) is 0 Å². The molecule has 0 rings (SSSR count). The number of ether oxygens (including phenoxy) is 1. The molecule has 0 aromatic heterocycles. The van der Waals surface area contributed by atoms with Gasteiger partial charge in [0.05, 0.1) is 6.61 Å². The Balaban J connectivity index is 3.30. The highest BCUT2D eigenvalue weighted by atomic mass is 16.5. The molecule has 0 aliphatic heterocycles. The molecule has 1 atom stereocenters. The molecule has 4 heteroatoms. The summed E-state index contributed by atoms with van der Waals surface area (Å²) >= 11 is 0. The number of carbonyl (C=O) groups excluding carboxylic acids is 2. The Labute approximate surface area is 52.4 Å². The van der Waals surface area contributed by atoms with Crippen molar-refractivity contribution in [3.63, 3.8) is 0 Å². The minimum absolute atomic E-state index is 0.149. The van der Waals surface area contributed by atoms with Crippen molar-refractivity contribution in [2.75, 3.05) is 13.2 Å². The van der Waals surface area contributed by atoms with Gasteiger partial charge in [0.15, 0.2) is 6.29 Å². The van der Waals surface area contributed by atoms with Crippen molar-refractivity contribution in [2.45, 2.75) is 6.10 Å². The van der Waals surface area contributed by atoms with E-state index >= 15 is 0 Å². The second-order valence-corrected chi connectivity index (χ2v) is 1.36. The topological polar surface area (TPSA) is 63.6 Å². The predicted molar refractivity (Wildman–Crippen MR) is 29.0 cm³/mol. The summed E-state index contributed by atoms with van der Waals surface area (Å²) in [7, 11) is 0. The molecule has 0 aromatic rings. The van der Waals surface area contributed by atoms with Gasteiger partial charge < -0.3 is 19.4 Å². The molecule has 1 N–H and O–H groups in total. The molecule has 1 unspecified atom stereocenters. The Bertz CT molecular complexity index is 91.0. The van der Waals surface area contributed by atoms with Crippen LogP contribution in [0.2, 0.25) is 0 Å². The molecule has 0 saturated carbocycles. The van der Waals surface area contributed by atoms with Crippen LogP contribution in [0, 0.1) is 0 Å². The van der Waals surface area contributed by atoms with Crippen molar-refractivity contribution < 1.29 is 19.4 Å². The number of hydrogen-bond acceptors (Lipinski definition) is 4. The Morgan fingerprint density at radius 2 is 2.22 bits per heavy atom. The van der Waals surface area contributed by atoms with E-state index < -0.39 is 6.10 Å². The van der Waals surface area contributed by atoms with Crippen molar-refractivity contribution in [3.05, 3.63) is 0 Å². The van der Waals surface area contributed by atoms with Gasteiger partial charge in [-0.2, -0.15) is 0 Å². The Morgan fingerprint density at radius 1 is 1.56 bits per heavy atom. The number of aldehydes is 2. The van der Waals surface area contributed by atoms with E-state index in [2.05, 4.69) is 4.74 Å². The van der Waals surface area contributed by atoms with E-state index in [4.69, 9.17) is 5.11 Å². The van der Waals surface area contributed by atoms with E-state index in [9.17, 15) is 9.59 Å². The van der Waals surface area contributed by atoms with Gasteiger partial charge >= 0.3 is 0 Å². The maximum absolute atomic E-state index is 9.84. The molecule has 0 saturated heterocycles. The zero-order valence-electron chi connectivity index (χ0n) is 4.82. The smallest absolute Gasteiger partial charge is 0.151 e. The van der Waals surface area contributed by atoms with Crippen molar-refractivity contribution >= 4 is 12.6 Å². The van der Waals surface area contributed by atoms with Crippen LogP contribution in [0.15, 0.2) is 0 Å². The third-order valence-corrected chi connectivity index (χ3v) is 0.710. The molecule has 0 aromatic carbocycles. The molecule has 0 radical (unpaired) electrons. The summed E-state index contributed by atoms with van der Waals surface area (Å²) < 4.78 is 4.50. The van der Waals surface area contributed by atoms with Crippen LogP contribution in [0.25, 0.3) is 0 Å². The average molecular weight is 132 g/mol. The van der Waals surface area contributed by atoms with Gasteiger partial charge in [-0.3, -0.25) is 0 Å². The van der Waals surface area contributed by atoms with Gasteiger partial charge in [-0.05, 0) is 0 Å². The molecule has 0 amide bonds. The zero-order chi connectivity index (χ0) is 7.11. The van der Waals surface area contributed by atoms with E-state index in [1.807, 2.05) is 0 Å². The molecule has 0 fully saturated rings. The van der Waals surface area contributed by atoms with Gasteiger partial charge in [-0.15, -0.1) is 0 Å². The molecule has 52 valence electrons. The van der Waals surface area contributed by atoms with Crippen molar-refractivity contribution in [1.82, 2.24) is 0 Å². The highest BCUT2D eigenvalue weighted by molar-refractivity contribution is 5.57. The minimum atomic E-state index is -0.852. The normalized spacial score (nSPS) is 12.6. The van der Waals surface area contributed by atoms with Crippen molar-refractivity contribution in [1.29, 1.82) is 0 Å². The SMILES string of the molecule is O=CCOC(C=O)CO. The fourth-order valence-corrected chi connectivity index (χ4v) is 0.298. The van der Waals surface area contributed by atoms with Gasteiger partial charge in [-0.1, -0.05) is 0 Å². The van der Waals surface area contributed by atoms with E-state index in [0.717, 1.165) is 0 Å². The van der Waals surface area contributed by atoms with Gasteiger partial charge in [-0.25, -0.2) is 0 Å². The second kappa shape index (κ2) is 5.40. The molecule has 9 heavy (non-hydrogen) atoms. The molecule has 0 heterocycles. The maximum atomic E-state index is 9.84. The highest BCUT2D eigenvalue weighted by Crippen LogP contribution is 1.82. The Morgan fingerprint density at radius 3 is 2.56 bits per heavy atom. The molecule has 4 nitrogen and oxygen atoms in total. The van der Waals surface area contributed by atoms with Crippen LogP contribution >= 0.6 is 0 Å². The van der Waals surface area contributed by atoms with Crippen LogP contribution in [-0.4, -0.2) is 37.0 Å². The lowest BCUT2D eigenvalue weighted by Gasteiger charge is -2.03. The first-order chi connectivity index (χ1) is 4.35. The van der Waals surface area contributed by atoms with Crippen LogP contribution in [0.3, 0.4) is 0 Å². The molecular weight excluding hydrogens is 124 g/mol. The van der Waals surface area contributed by atoms with Gasteiger partial charge in [0, 0.05) is 0 Å². The lowest BCUT2D eigenvalue weighted by molar-refractivity contribution is -0.124. The molecule has 0 aliphatic rings. The summed E-state index contributed by atoms with van der Waals surface area (Å²) in [6.07, 6.45) is 0.116. The summed E-state index contributed by atoms with van der Waals surface area (Å²) in [6, 6.07) is 0. The maximum Gasteiger partial charge on any atom is 0.151 e. The minimum Gasteiger partial charge on any atom is -0.393 e. The number of rotatable bonds is 5. The number of carbonyl (C=O) groups is 2. The zero-order valence-corrected chi connectivity index (χ0v) is 4.82. The summed E-state index contributed by atoms with van der Waals surface area (Å²) in [5.74, 6) is 0. The number of aliphatic hydroxyl groups is 1. The molecule has 0 aliphatic carbocycles. The quantitative estimate of drug-likeness (QED) is 0.475. The van der Waals surface area contributed by atoms with Crippen molar-refractivity contribution in [2.24, 2.45) is 0 Å². The van der Waals surface area contributed by atoms with E-state index in [-0.39, 0.29) is 13.2 Å². The molecule has 0 spiro atoms. The van der Waals surface area contributed by atoms with Crippen LogP contribution in [0.4, 0.5) is 0 Å². The summed E-state index contributed by atoms with van der Waals surface area (Å²) in [5, 5.41) is 8.28. The Kier molecular flexibility index (Phi) is 4.95. The van der Waals surface area contributed by atoms with Crippen molar-refractivity contribution in [3.8, 4) is 0 Å². The Hall–Kier alpha value is -0.740. The van der Waals surface area contributed by atoms with E-state index in [1.165, 1.54) is 0 Å². The van der Waals surface area contributed by atoms with Gasteiger partial charge in [0.25, 0.3) is 0 Å². The monoisotopic (exact) mass is 132 g/mol. The van der Waals surface area contributed by atoms with Gasteiger partial charge in [0.1, 0.15) is 19.0 Å². The highest BCUT2D eigenvalue weighted by Gasteiger charge is 2.02. The third-order valence-electron chi connectivity index (χ3n) is 0.710. The largest absolute Gasteiger partial charge is 0.393 e. The molecular formula is C5H8O4. The summed E-state index contributed by atoms with van der Waals surface area (Å²) in [4.78, 5) is 19.5. The van der Waals surface area contributed by atoms with Crippen LogP contribution < -0.4 is 0 Å². The fraction of sp³-hybridized carbons (Fsp3) is 0.600. The summed E-state index contributed by atoms with van der Waals surface area (Å²) in [6.45, 7) is -0.526. The van der Waals surface area contributed by atoms with E-state index in [0.29, 0.717) is 12.6 Å². The summed E-state index contributed by atoms with van der Waals surface area (Å²) in [5.41, 5.74) is 0. The lowest BCUT2D eigenvalue weighted by Crippen LogP contribution is -2.19. The fourth-order valence-electron chi connectivity index (χ4n) is 0.298. The third kappa shape index (κ3) is 3.81. The number of hydrogen-bond donors (Lipinski definition) is 1.